The summed E-state index contributed by atoms with van der Waals surface area (Å²) in [7, 11) is -2.46. The summed E-state index contributed by atoms with van der Waals surface area (Å²) in [5.74, 6) is -0.484. The van der Waals surface area contributed by atoms with Crippen molar-refractivity contribution in [2.75, 3.05) is 29.5 Å². The van der Waals surface area contributed by atoms with Crippen LogP contribution in [-0.2, 0) is 39.0 Å². The summed E-state index contributed by atoms with van der Waals surface area (Å²) in [6, 6.07) is 16.2. The van der Waals surface area contributed by atoms with E-state index in [1.807, 2.05) is 30.3 Å². The third-order valence-corrected chi connectivity index (χ3v) is 7.97. The van der Waals surface area contributed by atoms with Crippen LogP contribution in [0.3, 0.4) is 0 Å². The van der Waals surface area contributed by atoms with Crippen LogP contribution in [-0.4, -0.2) is 40.2 Å². The van der Waals surface area contributed by atoms with E-state index in [0.717, 1.165) is 45.8 Å². The first-order chi connectivity index (χ1) is 16.8. The minimum absolute atomic E-state index is 0.330. The zero-order valence-corrected chi connectivity index (χ0v) is 21.1. The van der Waals surface area contributed by atoms with Gasteiger partial charge in [0.1, 0.15) is 23.9 Å². The first-order valence-electron chi connectivity index (χ1n) is 11.0. The Bertz CT molecular complexity index is 1320. The number of methoxy groups -OCH3 is 1. The molecule has 0 atom stereocenters. The maximum Gasteiger partial charge on any atom is 0.341 e. The normalized spacial score (nSPS) is 12.6. The average molecular weight is 515 g/mol. The Hall–Kier alpha value is -3.37. The number of carbonyl (C=O) groups excluding carboxylic acids is 2. The van der Waals surface area contributed by atoms with Crippen LogP contribution in [0.2, 0.25) is 0 Å². The Labute approximate surface area is 208 Å². The summed E-state index contributed by atoms with van der Waals surface area (Å²) in [4.78, 5) is 26.3. The van der Waals surface area contributed by atoms with Gasteiger partial charge in [0.15, 0.2) is 0 Å². The van der Waals surface area contributed by atoms with Crippen LogP contribution in [0.25, 0.3) is 0 Å². The number of aryl methyl sites for hydroxylation is 1. The Morgan fingerprint density at radius 2 is 1.77 bits per heavy atom. The lowest BCUT2D eigenvalue weighted by molar-refractivity contribution is -0.114. The number of anilines is 2. The number of benzene rings is 2. The summed E-state index contributed by atoms with van der Waals surface area (Å²) >= 11 is 1.34. The molecular weight excluding hydrogens is 488 g/mol. The van der Waals surface area contributed by atoms with Gasteiger partial charge in [-0.3, -0.25) is 9.10 Å². The number of nitrogens with zero attached hydrogens (tertiary/aromatic N) is 1. The smallest absolute Gasteiger partial charge is 0.341 e. The molecule has 2 aromatic carbocycles. The Balaban J connectivity index is 1.47. The number of rotatable bonds is 9. The topological polar surface area (TPSA) is 102 Å². The van der Waals surface area contributed by atoms with Gasteiger partial charge in [-0.15, -0.1) is 11.3 Å². The fourth-order valence-electron chi connectivity index (χ4n) is 3.96. The lowest BCUT2D eigenvalue weighted by atomic mass is 10.1. The number of esters is 1. The van der Waals surface area contributed by atoms with Gasteiger partial charge in [0.05, 0.1) is 24.6 Å². The van der Waals surface area contributed by atoms with Crippen LogP contribution < -0.4 is 14.4 Å². The molecule has 10 heteroatoms. The van der Waals surface area contributed by atoms with Gasteiger partial charge in [0, 0.05) is 4.88 Å². The van der Waals surface area contributed by atoms with Crippen LogP contribution in [0.1, 0.15) is 32.8 Å². The van der Waals surface area contributed by atoms with Crippen molar-refractivity contribution in [2.45, 2.75) is 25.9 Å². The molecule has 1 heterocycles. The summed E-state index contributed by atoms with van der Waals surface area (Å²) in [6.45, 7) is -0.0576. The van der Waals surface area contributed by atoms with Gasteiger partial charge in [-0.05, 0) is 54.7 Å². The van der Waals surface area contributed by atoms with E-state index in [1.54, 1.807) is 24.3 Å². The van der Waals surface area contributed by atoms with E-state index in [4.69, 9.17) is 9.47 Å². The van der Waals surface area contributed by atoms with E-state index < -0.39 is 28.4 Å². The van der Waals surface area contributed by atoms with Crippen molar-refractivity contribution in [3.05, 3.63) is 76.2 Å². The van der Waals surface area contributed by atoms with Crippen LogP contribution in [0, 0.1) is 0 Å². The highest BCUT2D eigenvalue weighted by molar-refractivity contribution is 7.92. The number of sulfonamides is 1. The van der Waals surface area contributed by atoms with E-state index in [1.165, 1.54) is 18.4 Å². The summed E-state index contributed by atoms with van der Waals surface area (Å²) < 4.78 is 36.7. The van der Waals surface area contributed by atoms with E-state index in [9.17, 15) is 18.0 Å². The van der Waals surface area contributed by atoms with Gasteiger partial charge in [-0.2, -0.15) is 0 Å². The number of thiophene rings is 1. The van der Waals surface area contributed by atoms with Gasteiger partial charge in [0.2, 0.25) is 15.9 Å². The molecule has 0 radical (unpaired) electrons. The fourth-order valence-corrected chi connectivity index (χ4v) is 6.11. The van der Waals surface area contributed by atoms with Crippen molar-refractivity contribution in [2.24, 2.45) is 0 Å². The summed E-state index contributed by atoms with van der Waals surface area (Å²) in [5.41, 5.74) is 2.61. The predicted molar refractivity (Wildman–Crippen MR) is 136 cm³/mol. The maximum atomic E-state index is 12.9. The van der Waals surface area contributed by atoms with Gasteiger partial charge < -0.3 is 14.8 Å². The number of nitrogens with one attached hydrogen (secondary N) is 1. The van der Waals surface area contributed by atoms with Crippen LogP contribution in [0.15, 0.2) is 54.6 Å². The van der Waals surface area contributed by atoms with Gasteiger partial charge in [-0.1, -0.05) is 30.3 Å². The molecular formula is C25H26N2O6S2. The number of carbonyl (C=O) groups is 2. The van der Waals surface area contributed by atoms with Crippen molar-refractivity contribution in [1.29, 1.82) is 0 Å². The molecule has 1 N–H and O–H groups in total. The number of fused-ring (bicyclic) bond motifs is 1. The highest BCUT2D eigenvalue weighted by atomic mass is 32.2. The Kier molecular flexibility index (Phi) is 7.42. The minimum Gasteiger partial charge on any atom is -0.489 e. The van der Waals surface area contributed by atoms with Crippen LogP contribution in [0.5, 0.6) is 5.75 Å². The Morgan fingerprint density at radius 1 is 1.06 bits per heavy atom. The van der Waals surface area contributed by atoms with Crippen LogP contribution >= 0.6 is 11.3 Å². The first kappa shape index (κ1) is 24.7. The van der Waals surface area contributed by atoms with Crippen molar-refractivity contribution in [3.63, 3.8) is 0 Å². The third-order valence-electron chi connectivity index (χ3n) is 5.62. The Morgan fingerprint density at radius 3 is 2.43 bits per heavy atom. The van der Waals surface area contributed by atoms with Gasteiger partial charge in [0.25, 0.3) is 0 Å². The van der Waals surface area contributed by atoms with Crippen molar-refractivity contribution in [1.82, 2.24) is 0 Å². The molecule has 0 unspecified atom stereocenters. The molecule has 0 fully saturated rings. The summed E-state index contributed by atoms with van der Waals surface area (Å²) in [5, 5.41) is 3.12. The molecule has 35 heavy (non-hydrogen) atoms. The number of ether oxygens (including phenoxy) is 2. The fraction of sp³-hybridized carbons (Fsp3) is 0.280. The monoisotopic (exact) mass is 514 g/mol. The van der Waals surface area contributed by atoms with E-state index in [-0.39, 0.29) is 0 Å². The first-order valence-corrected chi connectivity index (χ1v) is 13.7. The number of hydrogen-bond acceptors (Lipinski definition) is 7. The lowest BCUT2D eigenvalue weighted by Crippen LogP contribution is -2.37. The second-order valence-corrected chi connectivity index (χ2v) is 11.2. The molecule has 0 bridgehead atoms. The largest absolute Gasteiger partial charge is 0.489 e. The van der Waals surface area contributed by atoms with Gasteiger partial charge >= 0.3 is 5.97 Å². The second kappa shape index (κ2) is 10.5. The zero-order chi connectivity index (χ0) is 25.0. The summed E-state index contributed by atoms with van der Waals surface area (Å²) in [6.07, 6.45) is 3.58. The lowest BCUT2D eigenvalue weighted by Gasteiger charge is -2.22. The quantitative estimate of drug-likeness (QED) is 0.433. The van der Waals surface area contributed by atoms with Gasteiger partial charge in [-0.25, -0.2) is 13.2 Å². The average Bonchev–Trinajstić information content (AvgIpc) is 3.42. The SMILES string of the molecule is COC(=O)c1c(NC(=O)CN(c2ccc(OCc3ccccc3)cc2)S(C)(=O)=O)sc2c1CCC2. The van der Waals surface area contributed by atoms with Crippen LogP contribution in [0.4, 0.5) is 10.7 Å². The van der Waals surface area contributed by atoms with E-state index in [2.05, 4.69) is 5.32 Å². The van der Waals surface area contributed by atoms with Crippen molar-refractivity contribution < 1.29 is 27.5 Å². The number of hydrogen-bond donors (Lipinski definition) is 1. The molecule has 0 spiro atoms. The standard InChI is InChI=1S/C25H26N2O6S2/c1-32-25(29)23-20-9-6-10-21(20)34-24(23)26-22(28)15-27(35(2,30)31)18-11-13-19(14-12-18)33-16-17-7-4-3-5-8-17/h3-5,7-8,11-14H,6,9-10,15-16H2,1-2H3,(H,26,28). The molecule has 0 saturated carbocycles. The van der Waals surface area contributed by atoms with Crippen molar-refractivity contribution in [3.8, 4) is 5.75 Å². The van der Waals surface area contributed by atoms with E-state index >= 15 is 0 Å². The molecule has 1 aromatic heterocycles. The molecule has 0 saturated heterocycles. The molecule has 0 aliphatic heterocycles. The molecule has 1 aliphatic carbocycles. The van der Waals surface area contributed by atoms with Crippen molar-refractivity contribution >= 4 is 43.9 Å². The number of amides is 1. The molecule has 3 aromatic rings. The molecule has 1 aliphatic rings. The van der Waals surface area contributed by atoms with E-state index in [0.29, 0.717) is 28.6 Å². The minimum atomic E-state index is -3.76. The third kappa shape index (κ3) is 5.83. The molecule has 1 amide bonds. The highest BCUT2D eigenvalue weighted by Crippen LogP contribution is 2.39. The second-order valence-electron chi connectivity index (χ2n) is 8.14. The zero-order valence-electron chi connectivity index (χ0n) is 19.4. The molecule has 4 rings (SSSR count). The highest BCUT2D eigenvalue weighted by Gasteiger charge is 2.29. The molecule has 8 nitrogen and oxygen atoms in total. The maximum absolute atomic E-state index is 12.9. The molecule has 184 valence electrons. The predicted octanol–water partition coefficient (Wildman–Crippen LogP) is 4.01.